The van der Waals surface area contributed by atoms with E-state index in [0.717, 1.165) is 0 Å². The van der Waals surface area contributed by atoms with Gasteiger partial charge < -0.3 is 9.64 Å². The number of hydrogen-bond donors (Lipinski definition) is 0. The van der Waals surface area contributed by atoms with Crippen LogP contribution in [0.25, 0.3) is 0 Å². The van der Waals surface area contributed by atoms with Crippen LogP contribution in [0.4, 0.5) is 5.69 Å². The van der Waals surface area contributed by atoms with E-state index in [1.807, 2.05) is 0 Å². The number of likely N-dealkylation sites (N-methyl/N-ethyl adjacent to an activating group) is 1. The molecule has 1 amide bonds. The van der Waals surface area contributed by atoms with Gasteiger partial charge in [0.05, 0.1) is 10.7 Å². The summed E-state index contributed by atoms with van der Waals surface area (Å²) in [6.07, 6.45) is -0.529. The number of fused-ring (bicyclic) bond motifs is 1. The molecule has 0 N–H and O–H groups in total. The van der Waals surface area contributed by atoms with E-state index in [1.165, 1.54) is 4.90 Å². The zero-order valence-electron chi connectivity index (χ0n) is 8.25. The molecular formula is C10H9Cl2NO2. The van der Waals surface area contributed by atoms with Crippen molar-refractivity contribution in [2.75, 3.05) is 11.9 Å². The minimum Gasteiger partial charge on any atom is -0.477 e. The van der Waals surface area contributed by atoms with Gasteiger partial charge in [-0.2, -0.15) is 0 Å². The minimum atomic E-state index is -0.529. The molecule has 0 aliphatic carbocycles. The van der Waals surface area contributed by atoms with E-state index < -0.39 is 6.10 Å². The quantitative estimate of drug-likeness (QED) is 0.704. The fourth-order valence-electron chi connectivity index (χ4n) is 1.52. The maximum absolute atomic E-state index is 11.6. The maximum Gasteiger partial charge on any atom is 0.267 e. The molecule has 0 fully saturated rings. The molecule has 1 aliphatic rings. The first kappa shape index (κ1) is 10.6. The molecule has 1 unspecified atom stereocenters. The summed E-state index contributed by atoms with van der Waals surface area (Å²) in [5.74, 6) is 0.375. The number of carbonyl (C=O) groups is 1. The third-order valence-corrected chi connectivity index (χ3v) is 3.15. The highest BCUT2D eigenvalue weighted by molar-refractivity contribution is 6.43. The fourth-order valence-corrected chi connectivity index (χ4v) is 1.87. The van der Waals surface area contributed by atoms with Crippen molar-refractivity contribution >= 4 is 34.8 Å². The Balaban J connectivity index is 2.60. The molecule has 1 aliphatic heterocycles. The summed E-state index contributed by atoms with van der Waals surface area (Å²) in [5, 5.41) is 0.769. The van der Waals surface area contributed by atoms with Gasteiger partial charge in [-0.05, 0) is 19.1 Å². The van der Waals surface area contributed by atoms with Crippen molar-refractivity contribution in [1.29, 1.82) is 0 Å². The van der Waals surface area contributed by atoms with Gasteiger partial charge >= 0.3 is 0 Å². The summed E-state index contributed by atoms with van der Waals surface area (Å²) in [7, 11) is 1.68. The molecule has 0 bridgehead atoms. The first-order valence-electron chi connectivity index (χ1n) is 4.44. The van der Waals surface area contributed by atoms with Crippen molar-refractivity contribution in [2.24, 2.45) is 0 Å². The number of hydrogen-bond acceptors (Lipinski definition) is 2. The third kappa shape index (κ3) is 1.56. The van der Waals surface area contributed by atoms with Gasteiger partial charge in [0.1, 0.15) is 5.02 Å². The predicted octanol–water partition coefficient (Wildman–Crippen LogP) is 2.74. The lowest BCUT2D eigenvalue weighted by Gasteiger charge is -2.30. The molecular weight excluding hydrogens is 237 g/mol. The summed E-state index contributed by atoms with van der Waals surface area (Å²) in [6.45, 7) is 1.68. The molecule has 80 valence electrons. The Morgan fingerprint density at radius 1 is 1.40 bits per heavy atom. The molecule has 1 aromatic rings. The first-order valence-corrected chi connectivity index (χ1v) is 5.20. The number of anilines is 1. The lowest BCUT2D eigenvalue weighted by molar-refractivity contribution is -0.125. The van der Waals surface area contributed by atoms with Crippen LogP contribution in [0, 0.1) is 0 Å². The number of rotatable bonds is 0. The van der Waals surface area contributed by atoms with Crippen molar-refractivity contribution in [1.82, 2.24) is 0 Å². The fraction of sp³-hybridized carbons (Fsp3) is 0.300. The summed E-state index contributed by atoms with van der Waals surface area (Å²) < 4.78 is 5.42. The van der Waals surface area contributed by atoms with Gasteiger partial charge in [-0.1, -0.05) is 23.2 Å². The van der Waals surface area contributed by atoms with E-state index in [-0.39, 0.29) is 5.91 Å². The van der Waals surface area contributed by atoms with Crippen molar-refractivity contribution in [3.05, 3.63) is 22.2 Å². The second kappa shape index (κ2) is 3.58. The summed E-state index contributed by atoms with van der Waals surface area (Å²) in [4.78, 5) is 13.1. The Kier molecular flexibility index (Phi) is 2.52. The largest absolute Gasteiger partial charge is 0.477 e. The highest BCUT2D eigenvalue weighted by Crippen LogP contribution is 2.42. The average molecular weight is 246 g/mol. The number of halogens is 2. The van der Waals surface area contributed by atoms with Crippen molar-refractivity contribution in [3.63, 3.8) is 0 Å². The van der Waals surface area contributed by atoms with Gasteiger partial charge in [0.2, 0.25) is 0 Å². The molecule has 3 nitrogen and oxygen atoms in total. The first-order chi connectivity index (χ1) is 7.02. The van der Waals surface area contributed by atoms with Crippen molar-refractivity contribution in [2.45, 2.75) is 13.0 Å². The van der Waals surface area contributed by atoms with Crippen LogP contribution in [0.5, 0.6) is 5.75 Å². The molecule has 0 saturated heterocycles. The second-order valence-corrected chi connectivity index (χ2v) is 4.15. The normalized spacial score (nSPS) is 19.9. The van der Waals surface area contributed by atoms with Gasteiger partial charge in [0.25, 0.3) is 5.91 Å². The maximum atomic E-state index is 11.6. The standard InChI is InChI=1S/C10H9Cl2NO2/c1-5-10(14)13(2)7-4-3-6(11)8(12)9(7)15-5/h3-5H,1-2H3. The Hall–Kier alpha value is -0.930. The van der Waals surface area contributed by atoms with Gasteiger partial charge in [0, 0.05) is 7.05 Å². The number of nitrogens with zero attached hydrogens (tertiary/aromatic N) is 1. The molecule has 0 radical (unpaired) electrons. The van der Waals surface area contributed by atoms with E-state index >= 15 is 0 Å². The van der Waals surface area contributed by atoms with E-state index in [0.29, 0.717) is 21.5 Å². The summed E-state index contributed by atoms with van der Waals surface area (Å²) in [5.41, 5.74) is 0.646. The van der Waals surface area contributed by atoms with Crippen LogP contribution in [0.15, 0.2) is 12.1 Å². The predicted molar refractivity (Wildman–Crippen MR) is 60.0 cm³/mol. The Bertz CT molecular complexity index is 434. The highest BCUT2D eigenvalue weighted by atomic mass is 35.5. The Morgan fingerprint density at radius 2 is 2.07 bits per heavy atom. The molecule has 1 aromatic carbocycles. The summed E-state index contributed by atoms with van der Waals surface area (Å²) in [6, 6.07) is 3.36. The van der Waals surface area contributed by atoms with Crippen molar-refractivity contribution in [3.8, 4) is 5.75 Å². The van der Waals surface area contributed by atoms with E-state index in [4.69, 9.17) is 27.9 Å². The summed E-state index contributed by atoms with van der Waals surface area (Å²) >= 11 is 11.9. The molecule has 0 spiro atoms. The van der Waals surface area contributed by atoms with Crippen molar-refractivity contribution < 1.29 is 9.53 Å². The minimum absolute atomic E-state index is 0.0964. The molecule has 1 heterocycles. The third-order valence-electron chi connectivity index (χ3n) is 2.36. The SMILES string of the molecule is CC1Oc2c(ccc(Cl)c2Cl)N(C)C1=O. The van der Waals surface area contributed by atoms with Crippen LogP contribution in [-0.4, -0.2) is 19.1 Å². The molecule has 5 heteroatoms. The van der Waals surface area contributed by atoms with Crippen LogP contribution >= 0.6 is 23.2 Å². The zero-order chi connectivity index (χ0) is 11.2. The number of benzene rings is 1. The van der Waals surface area contributed by atoms with E-state index in [9.17, 15) is 4.79 Å². The molecule has 0 aromatic heterocycles. The second-order valence-electron chi connectivity index (χ2n) is 3.37. The van der Waals surface area contributed by atoms with Crippen LogP contribution in [0.3, 0.4) is 0 Å². The Labute approximate surface area is 97.5 Å². The van der Waals surface area contributed by atoms with Crippen LogP contribution in [-0.2, 0) is 4.79 Å². The lowest BCUT2D eigenvalue weighted by atomic mass is 10.2. The van der Waals surface area contributed by atoms with Gasteiger partial charge in [-0.3, -0.25) is 4.79 Å². The van der Waals surface area contributed by atoms with E-state index in [1.54, 1.807) is 26.1 Å². The molecule has 1 atom stereocenters. The van der Waals surface area contributed by atoms with Crippen LogP contribution < -0.4 is 9.64 Å². The molecule has 2 rings (SSSR count). The van der Waals surface area contributed by atoms with Crippen LogP contribution in [0.1, 0.15) is 6.92 Å². The number of carbonyl (C=O) groups excluding carboxylic acids is 1. The number of ether oxygens (including phenoxy) is 1. The van der Waals surface area contributed by atoms with Gasteiger partial charge in [0.15, 0.2) is 11.9 Å². The number of amides is 1. The Morgan fingerprint density at radius 3 is 2.73 bits per heavy atom. The average Bonchev–Trinajstić information content (AvgIpc) is 2.21. The monoisotopic (exact) mass is 245 g/mol. The molecule has 0 saturated carbocycles. The van der Waals surface area contributed by atoms with Gasteiger partial charge in [-0.25, -0.2) is 0 Å². The van der Waals surface area contributed by atoms with Crippen LogP contribution in [0.2, 0.25) is 10.0 Å². The topological polar surface area (TPSA) is 29.5 Å². The zero-order valence-corrected chi connectivity index (χ0v) is 9.76. The molecule has 15 heavy (non-hydrogen) atoms. The smallest absolute Gasteiger partial charge is 0.267 e. The highest BCUT2D eigenvalue weighted by Gasteiger charge is 2.30. The van der Waals surface area contributed by atoms with E-state index in [2.05, 4.69) is 0 Å². The lowest BCUT2D eigenvalue weighted by Crippen LogP contribution is -2.42. The van der Waals surface area contributed by atoms with Gasteiger partial charge in [-0.15, -0.1) is 0 Å².